The Morgan fingerprint density at radius 1 is 0.778 bits per heavy atom. The van der Waals surface area contributed by atoms with E-state index in [4.69, 9.17) is 5.73 Å². The quantitative estimate of drug-likeness (QED) is 0.0807. The number of benzene rings is 2. The molecule has 2 aromatic carbocycles. The fourth-order valence-electron chi connectivity index (χ4n) is 6.31. The third-order valence-corrected chi connectivity index (χ3v) is 11.6. The van der Waals surface area contributed by atoms with Gasteiger partial charge in [0.2, 0.25) is 0 Å². The number of carbonyl (C=O) groups is 2. The number of carbonyl (C=O) groups excluding carboxylic acids is 2. The van der Waals surface area contributed by atoms with Crippen molar-refractivity contribution in [1.82, 2.24) is 0 Å². The molecule has 9 heteroatoms. The highest BCUT2D eigenvalue weighted by atomic mass is 79.9. The van der Waals surface area contributed by atoms with E-state index < -0.39 is 37.0 Å². The zero-order valence-electron chi connectivity index (χ0n) is 26.3. The summed E-state index contributed by atoms with van der Waals surface area (Å²) in [6, 6.07) is 14.1. The van der Waals surface area contributed by atoms with Crippen LogP contribution in [-0.2, 0) is 16.5 Å². The fraction of sp³-hybridized carbons (Fsp3) is 0.500. The maximum atomic E-state index is 13.6. The number of nitrogens with one attached hydrogen (secondary N) is 1. The molecule has 2 aromatic rings. The van der Waals surface area contributed by atoms with Gasteiger partial charge in [0, 0.05) is 22.5 Å². The fourth-order valence-corrected chi connectivity index (χ4v) is 8.31. The molecule has 0 spiro atoms. The average Bonchev–Trinajstić information content (AvgIpc) is 3.02. The van der Waals surface area contributed by atoms with Gasteiger partial charge in [0.05, 0.1) is 16.0 Å². The van der Waals surface area contributed by atoms with Gasteiger partial charge < -0.3 is 11.1 Å². The van der Waals surface area contributed by atoms with Crippen molar-refractivity contribution in [3.8, 4) is 0 Å². The van der Waals surface area contributed by atoms with Crippen LogP contribution in [0.2, 0.25) is 0 Å². The molecular weight excluding hydrogens is 652 g/mol. The Labute approximate surface area is 277 Å². The highest BCUT2D eigenvalue weighted by molar-refractivity contribution is 9.09. The van der Waals surface area contributed by atoms with E-state index in [1.54, 1.807) is 12.1 Å². The molecule has 2 unspecified atom stereocenters. The van der Waals surface area contributed by atoms with E-state index in [-0.39, 0.29) is 22.4 Å². The number of nitrogens with two attached hydrogens (primary N) is 1. The van der Waals surface area contributed by atoms with Gasteiger partial charge in [-0.3, -0.25) is 14.1 Å². The highest BCUT2D eigenvalue weighted by Crippen LogP contribution is 2.44. The van der Waals surface area contributed by atoms with Crippen molar-refractivity contribution < 1.29 is 22.6 Å². The Hall–Kier alpha value is -2.59. The molecule has 0 fully saturated rings. The number of hydrogen-bond acceptors (Lipinski definition) is 6. The number of anilines is 1. The summed E-state index contributed by atoms with van der Waals surface area (Å²) in [6.45, 7) is 2.26. The first kappa shape index (κ1) is 35.3. The van der Waals surface area contributed by atoms with Crippen molar-refractivity contribution in [3.05, 3.63) is 88.1 Å². The normalized spacial score (nSPS) is 19.7. The summed E-state index contributed by atoms with van der Waals surface area (Å²) in [4.78, 5) is 23.5. The van der Waals surface area contributed by atoms with Gasteiger partial charge in [-0.25, -0.2) is 0 Å². The van der Waals surface area contributed by atoms with E-state index in [0.29, 0.717) is 5.69 Å². The molecule has 4 N–H and O–H groups in total. The minimum absolute atomic E-state index is 0.0496. The molecule has 7 nitrogen and oxygen atoms in total. The first-order chi connectivity index (χ1) is 21.6. The Kier molecular flexibility index (Phi) is 12.8. The second-order valence-electron chi connectivity index (χ2n) is 12.4. The lowest BCUT2D eigenvalue weighted by molar-refractivity contribution is 0.0967. The van der Waals surface area contributed by atoms with Gasteiger partial charge in [0.15, 0.2) is 16.4 Å². The van der Waals surface area contributed by atoms with Crippen molar-refractivity contribution in [2.75, 3.05) is 5.32 Å². The molecule has 45 heavy (non-hydrogen) atoms. The Balaban J connectivity index is 1.29. The molecule has 0 aliphatic heterocycles. The van der Waals surface area contributed by atoms with Crippen molar-refractivity contribution in [2.24, 2.45) is 5.73 Å². The molecule has 0 amide bonds. The van der Waals surface area contributed by atoms with Crippen LogP contribution in [0.15, 0.2) is 71.5 Å². The van der Waals surface area contributed by atoms with Crippen LogP contribution >= 0.6 is 15.9 Å². The highest BCUT2D eigenvalue weighted by Gasteiger charge is 2.57. The molecule has 0 saturated carbocycles. The third kappa shape index (κ3) is 8.42. The molecule has 0 saturated heterocycles. The Morgan fingerprint density at radius 2 is 1.27 bits per heavy atom. The number of halogens is 1. The number of aryl methyl sites for hydroxylation is 1. The van der Waals surface area contributed by atoms with Crippen LogP contribution < -0.4 is 11.1 Å². The Bertz CT molecular complexity index is 1520. The molecule has 2 atom stereocenters. The lowest BCUT2D eigenvalue weighted by Crippen LogP contribution is -2.60. The number of alkyl halides is 1. The van der Waals surface area contributed by atoms with E-state index >= 15 is 0 Å². The van der Waals surface area contributed by atoms with Gasteiger partial charge in [0.25, 0.3) is 10.1 Å². The summed E-state index contributed by atoms with van der Waals surface area (Å²) in [5, 5.41) is 3.20. The monoisotopic (exact) mass is 698 g/mol. The molecule has 0 aromatic heterocycles. The number of allylic oxidation sites excluding steroid dienone is 1. The van der Waals surface area contributed by atoms with Crippen molar-refractivity contribution in [3.63, 3.8) is 0 Å². The van der Waals surface area contributed by atoms with E-state index in [0.717, 1.165) is 12.8 Å². The standard InChI is InChI=1S/C36H47BrN2O5S/c1-2-3-4-5-6-7-8-9-10-11-12-13-14-15-18-26-21-23-27(24-22-26)39-30-25-31(37)36(38,45(42,43)44)33-32(30)34(40)28-19-16-17-20-29(28)35(33)41/h16-17,19-25,31,39H,2-15,18,38H2,1H3,(H,42,43,44). The molecule has 4 rings (SSSR count). The van der Waals surface area contributed by atoms with Gasteiger partial charge in [-0.1, -0.05) is 143 Å². The van der Waals surface area contributed by atoms with Crippen molar-refractivity contribution >= 4 is 43.3 Å². The summed E-state index contributed by atoms with van der Waals surface area (Å²) in [7, 11) is -5.00. The lowest BCUT2D eigenvalue weighted by Gasteiger charge is -2.39. The number of rotatable bonds is 18. The molecule has 0 bridgehead atoms. The van der Waals surface area contributed by atoms with Gasteiger partial charge in [-0.15, -0.1) is 0 Å². The molecule has 244 valence electrons. The second kappa shape index (κ2) is 16.3. The van der Waals surface area contributed by atoms with Crippen LogP contribution in [0.4, 0.5) is 5.69 Å². The van der Waals surface area contributed by atoms with E-state index in [1.807, 2.05) is 24.3 Å². The Morgan fingerprint density at radius 3 is 1.78 bits per heavy atom. The zero-order chi connectivity index (χ0) is 32.5. The van der Waals surface area contributed by atoms with Crippen LogP contribution in [0.1, 0.15) is 123 Å². The SMILES string of the molecule is CCCCCCCCCCCCCCCCc1ccc(NC2=CC(Br)C(N)(S(=O)(=O)O)C3=C2C(=O)c2ccccc2C3=O)cc1. The van der Waals surface area contributed by atoms with E-state index in [2.05, 4.69) is 28.2 Å². The predicted octanol–water partition coefficient (Wildman–Crippen LogP) is 8.70. The minimum Gasteiger partial charge on any atom is -0.355 e. The number of hydrogen-bond donors (Lipinski definition) is 3. The number of Topliss-reactive ketones (excluding diaryl/α,β-unsaturated/α-hetero) is 2. The van der Waals surface area contributed by atoms with Gasteiger partial charge in [0.1, 0.15) is 0 Å². The largest absolute Gasteiger partial charge is 0.355 e. The minimum atomic E-state index is -5.00. The number of fused-ring (bicyclic) bond motifs is 1. The van der Waals surface area contributed by atoms with Crippen LogP contribution in [0.25, 0.3) is 0 Å². The molecule has 0 radical (unpaired) electrons. The van der Waals surface area contributed by atoms with Gasteiger partial charge in [-0.2, -0.15) is 8.42 Å². The smallest absolute Gasteiger partial charge is 0.289 e. The molecular formula is C36H47BrN2O5S. The van der Waals surface area contributed by atoms with Crippen LogP contribution in [0.5, 0.6) is 0 Å². The van der Waals surface area contributed by atoms with E-state index in [1.165, 1.54) is 107 Å². The topological polar surface area (TPSA) is 127 Å². The zero-order valence-corrected chi connectivity index (χ0v) is 28.7. The summed E-state index contributed by atoms with van der Waals surface area (Å²) >= 11 is 3.26. The summed E-state index contributed by atoms with van der Waals surface area (Å²) in [6.07, 6.45) is 21.0. The van der Waals surface area contributed by atoms with Crippen LogP contribution in [-0.4, -0.2) is 34.2 Å². The van der Waals surface area contributed by atoms with Gasteiger partial charge >= 0.3 is 0 Å². The summed E-state index contributed by atoms with van der Waals surface area (Å²) in [5.41, 5.74) is 8.00. The van der Waals surface area contributed by atoms with Crippen molar-refractivity contribution in [1.29, 1.82) is 0 Å². The summed E-state index contributed by atoms with van der Waals surface area (Å²) in [5.74, 6) is -1.24. The second-order valence-corrected chi connectivity index (χ2v) is 15.0. The maximum absolute atomic E-state index is 13.6. The number of unbranched alkanes of at least 4 members (excludes halogenated alkanes) is 13. The van der Waals surface area contributed by atoms with Crippen LogP contribution in [0, 0.1) is 0 Å². The van der Waals surface area contributed by atoms with E-state index in [9.17, 15) is 22.6 Å². The lowest BCUT2D eigenvalue weighted by atomic mass is 9.76. The third-order valence-electron chi connectivity index (χ3n) is 8.98. The molecule has 2 aliphatic carbocycles. The van der Waals surface area contributed by atoms with Crippen molar-refractivity contribution in [2.45, 2.75) is 113 Å². The first-order valence-electron chi connectivity index (χ1n) is 16.5. The first-order valence-corrected chi connectivity index (χ1v) is 18.9. The maximum Gasteiger partial charge on any atom is 0.289 e. The molecule has 0 heterocycles. The molecule has 2 aliphatic rings. The van der Waals surface area contributed by atoms with Crippen LogP contribution in [0.3, 0.4) is 0 Å². The van der Waals surface area contributed by atoms with Gasteiger partial charge in [-0.05, 0) is 36.6 Å². The summed E-state index contributed by atoms with van der Waals surface area (Å²) < 4.78 is 35.2. The number of ketones is 2. The predicted molar refractivity (Wildman–Crippen MR) is 185 cm³/mol. The average molecular weight is 700 g/mol.